The molecule has 0 aliphatic carbocycles. The van der Waals surface area contributed by atoms with Crippen molar-refractivity contribution in [3.05, 3.63) is 58.9 Å². The lowest BCUT2D eigenvalue weighted by atomic mass is 10.3. The van der Waals surface area contributed by atoms with Crippen molar-refractivity contribution in [2.45, 2.75) is 6.61 Å². The number of nitrogens with zero attached hydrogens (tertiary/aromatic N) is 1. The molecule has 98 valence electrons. The van der Waals surface area contributed by atoms with Crippen LogP contribution >= 0.6 is 11.6 Å². The van der Waals surface area contributed by atoms with E-state index in [2.05, 4.69) is 9.72 Å². The number of hydrogen-bond acceptors (Lipinski definition) is 4. The van der Waals surface area contributed by atoms with Gasteiger partial charge in [0.2, 0.25) is 0 Å². The molecule has 0 saturated heterocycles. The molecule has 0 spiro atoms. The summed E-state index contributed by atoms with van der Waals surface area (Å²) in [7, 11) is 1.32. The van der Waals surface area contributed by atoms with Gasteiger partial charge in [-0.05, 0) is 36.4 Å². The van der Waals surface area contributed by atoms with Crippen LogP contribution in [0.1, 0.15) is 16.2 Å². The van der Waals surface area contributed by atoms with Crippen LogP contribution in [0.3, 0.4) is 0 Å². The van der Waals surface area contributed by atoms with Crippen LogP contribution in [-0.2, 0) is 11.3 Å². The third-order valence-corrected chi connectivity index (χ3v) is 2.65. The van der Waals surface area contributed by atoms with Crippen molar-refractivity contribution in [2.75, 3.05) is 7.11 Å². The molecular formula is C14H12ClNO3. The maximum absolute atomic E-state index is 11.3. The number of esters is 1. The minimum Gasteiger partial charge on any atom is -0.487 e. The molecule has 0 fully saturated rings. The standard InChI is InChI=1S/C14H12ClNO3/c1-18-14(17)13-4-2-3-11(16-13)9-19-12-7-5-10(15)6-8-12/h2-8H,9H2,1H3. The second-order valence-electron chi connectivity index (χ2n) is 3.75. The fraction of sp³-hybridized carbons (Fsp3) is 0.143. The molecule has 4 nitrogen and oxygen atoms in total. The molecule has 1 heterocycles. The van der Waals surface area contributed by atoms with Gasteiger partial charge >= 0.3 is 5.97 Å². The van der Waals surface area contributed by atoms with Crippen molar-refractivity contribution < 1.29 is 14.3 Å². The first-order valence-electron chi connectivity index (χ1n) is 5.61. The number of benzene rings is 1. The number of ether oxygens (including phenoxy) is 2. The van der Waals surface area contributed by atoms with E-state index in [-0.39, 0.29) is 12.3 Å². The molecule has 19 heavy (non-hydrogen) atoms. The molecule has 0 amide bonds. The molecule has 0 saturated carbocycles. The zero-order valence-electron chi connectivity index (χ0n) is 10.3. The highest BCUT2D eigenvalue weighted by atomic mass is 35.5. The lowest BCUT2D eigenvalue weighted by Crippen LogP contribution is -2.07. The lowest BCUT2D eigenvalue weighted by Gasteiger charge is -2.06. The van der Waals surface area contributed by atoms with E-state index < -0.39 is 5.97 Å². The number of methoxy groups -OCH3 is 1. The first-order valence-corrected chi connectivity index (χ1v) is 5.99. The second-order valence-corrected chi connectivity index (χ2v) is 4.18. The number of carbonyl (C=O) groups is 1. The van der Waals surface area contributed by atoms with E-state index in [1.54, 1.807) is 42.5 Å². The van der Waals surface area contributed by atoms with Gasteiger partial charge in [-0.3, -0.25) is 0 Å². The Labute approximate surface area is 115 Å². The van der Waals surface area contributed by atoms with E-state index in [4.69, 9.17) is 16.3 Å². The Kier molecular flexibility index (Phi) is 4.36. The molecule has 2 rings (SSSR count). The summed E-state index contributed by atoms with van der Waals surface area (Å²) in [5.74, 6) is 0.225. The van der Waals surface area contributed by atoms with Crippen molar-refractivity contribution >= 4 is 17.6 Å². The van der Waals surface area contributed by atoms with E-state index in [0.29, 0.717) is 16.5 Å². The Bertz CT molecular complexity index is 569. The van der Waals surface area contributed by atoms with Crippen molar-refractivity contribution in [1.29, 1.82) is 0 Å². The van der Waals surface area contributed by atoms with Crippen molar-refractivity contribution in [3.63, 3.8) is 0 Å². The predicted molar refractivity (Wildman–Crippen MR) is 71.4 cm³/mol. The Morgan fingerprint density at radius 3 is 2.63 bits per heavy atom. The van der Waals surface area contributed by atoms with E-state index in [0.717, 1.165) is 0 Å². The van der Waals surface area contributed by atoms with Crippen LogP contribution < -0.4 is 4.74 Å². The van der Waals surface area contributed by atoms with E-state index in [1.807, 2.05) is 0 Å². The van der Waals surface area contributed by atoms with Gasteiger partial charge in [0.05, 0.1) is 12.8 Å². The van der Waals surface area contributed by atoms with Crippen LogP contribution in [-0.4, -0.2) is 18.1 Å². The molecule has 1 aromatic carbocycles. The average Bonchev–Trinajstić information content (AvgIpc) is 2.46. The minimum atomic E-state index is -0.464. The average molecular weight is 278 g/mol. The number of carbonyl (C=O) groups excluding carboxylic acids is 1. The number of hydrogen-bond donors (Lipinski definition) is 0. The van der Waals surface area contributed by atoms with Crippen LogP contribution in [0, 0.1) is 0 Å². The van der Waals surface area contributed by atoms with Crippen LogP contribution in [0.15, 0.2) is 42.5 Å². The minimum absolute atomic E-state index is 0.264. The maximum Gasteiger partial charge on any atom is 0.356 e. The van der Waals surface area contributed by atoms with Crippen LogP contribution in [0.25, 0.3) is 0 Å². The summed E-state index contributed by atoms with van der Waals surface area (Å²) in [6.45, 7) is 0.270. The summed E-state index contributed by atoms with van der Waals surface area (Å²) in [4.78, 5) is 15.5. The van der Waals surface area contributed by atoms with Gasteiger partial charge in [0.15, 0.2) is 0 Å². The van der Waals surface area contributed by atoms with E-state index >= 15 is 0 Å². The Morgan fingerprint density at radius 2 is 1.95 bits per heavy atom. The van der Waals surface area contributed by atoms with Crippen LogP contribution in [0.5, 0.6) is 5.75 Å². The fourth-order valence-corrected chi connectivity index (χ4v) is 1.59. The molecule has 0 atom stereocenters. The van der Waals surface area contributed by atoms with Crippen molar-refractivity contribution in [2.24, 2.45) is 0 Å². The van der Waals surface area contributed by atoms with Gasteiger partial charge in [-0.25, -0.2) is 9.78 Å². The van der Waals surface area contributed by atoms with E-state index in [9.17, 15) is 4.79 Å². The highest BCUT2D eigenvalue weighted by Gasteiger charge is 2.07. The topological polar surface area (TPSA) is 48.4 Å². The molecule has 5 heteroatoms. The molecule has 0 unspecified atom stereocenters. The van der Waals surface area contributed by atoms with E-state index in [1.165, 1.54) is 7.11 Å². The molecule has 0 bridgehead atoms. The first kappa shape index (κ1) is 13.4. The molecule has 0 N–H and O–H groups in total. The summed E-state index contributed by atoms with van der Waals surface area (Å²) >= 11 is 5.78. The van der Waals surface area contributed by atoms with Gasteiger partial charge in [0.25, 0.3) is 0 Å². The quantitative estimate of drug-likeness (QED) is 0.806. The van der Waals surface area contributed by atoms with Gasteiger partial charge in [-0.2, -0.15) is 0 Å². The molecular weight excluding hydrogens is 266 g/mol. The number of halogens is 1. The highest BCUT2D eigenvalue weighted by molar-refractivity contribution is 6.30. The second kappa shape index (κ2) is 6.20. The summed E-state index contributed by atoms with van der Waals surface area (Å²) < 4.78 is 10.2. The summed E-state index contributed by atoms with van der Waals surface area (Å²) in [5.41, 5.74) is 0.914. The van der Waals surface area contributed by atoms with Crippen molar-refractivity contribution in [1.82, 2.24) is 4.98 Å². The summed E-state index contributed by atoms with van der Waals surface area (Å²) in [6.07, 6.45) is 0. The van der Waals surface area contributed by atoms with Crippen LogP contribution in [0.4, 0.5) is 0 Å². The number of rotatable bonds is 4. The maximum atomic E-state index is 11.3. The summed E-state index contributed by atoms with van der Waals surface area (Å²) in [5, 5.41) is 0.651. The Hall–Kier alpha value is -2.07. The normalized spacial score (nSPS) is 10.0. The SMILES string of the molecule is COC(=O)c1cccc(COc2ccc(Cl)cc2)n1. The van der Waals surface area contributed by atoms with Gasteiger partial charge < -0.3 is 9.47 Å². The van der Waals surface area contributed by atoms with Gasteiger partial charge in [-0.15, -0.1) is 0 Å². The monoisotopic (exact) mass is 277 g/mol. The smallest absolute Gasteiger partial charge is 0.356 e. The molecule has 0 aliphatic rings. The zero-order valence-corrected chi connectivity index (χ0v) is 11.1. The molecule has 0 aliphatic heterocycles. The Morgan fingerprint density at radius 1 is 1.21 bits per heavy atom. The third kappa shape index (κ3) is 3.69. The number of aromatic nitrogens is 1. The first-order chi connectivity index (χ1) is 9.19. The number of pyridine rings is 1. The van der Waals surface area contributed by atoms with Crippen molar-refractivity contribution in [3.8, 4) is 5.75 Å². The molecule has 1 aromatic heterocycles. The highest BCUT2D eigenvalue weighted by Crippen LogP contribution is 2.16. The molecule has 2 aromatic rings. The largest absolute Gasteiger partial charge is 0.487 e. The van der Waals surface area contributed by atoms with Gasteiger partial charge in [0.1, 0.15) is 18.1 Å². The lowest BCUT2D eigenvalue weighted by molar-refractivity contribution is 0.0593. The fourth-order valence-electron chi connectivity index (χ4n) is 1.47. The van der Waals surface area contributed by atoms with Gasteiger partial charge in [0, 0.05) is 5.02 Å². The predicted octanol–water partition coefficient (Wildman–Crippen LogP) is 3.10. The summed E-state index contributed by atoms with van der Waals surface area (Å²) in [6, 6.07) is 12.1. The molecule has 0 radical (unpaired) electrons. The zero-order chi connectivity index (χ0) is 13.7. The van der Waals surface area contributed by atoms with Crippen LogP contribution in [0.2, 0.25) is 5.02 Å². The van der Waals surface area contributed by atoms with Gasteiger partial charge in [-0.1, -0.05) is 17.7 Å². The third-order valence-electron chi connectivity index (χ3n) is 2.40. The Balaban J connectivity index is 2.03.